The lowest BCUT2D eigenvalue weighted by Gasteiger charge is -2.16. The molecule has 2 saturated carbocycles. The summed E-state index contributed by atoms with van der Waals surface area (Å²) in [6.07, 6.45) is 4.41. The molecule has 2 fully saturated rings. The fourth-order valence-electron chi connectivity index (χ4n) is 4.25. The van der Waals surface area contributed by atoms with E-state index in [1.54, 1.807) is 6.07 Å². The number of carboxylic acids is 1. The van der Waals surface area contributed by atoms with Crippen LogP contribution in [0.2, 0.25) is 0 Å². The highest BCUT2D eigenvalue weighted by atomic mass is 19.1. The molecule has 0 spiro atoms. The smallest absolute Gasteiger partial charge is 0.303 e. The molecule has 0 radical (unpaired) electrons. The van der Waals surface area contributed by atoms with Gasteiger partial charge < -0.3 is 23.8 Å². The molecule has 1 N–H and O–H groups in total. The summed E-state index contributed by atoms with van der Waals surface area (Å²) in [5.41, 5.74) is 1.59. The van der Waals surface area contributed by atoms with Gasteiger partial charge in [0.15, 0.2) is 11.4 Å². The Balaban J connectivity index is 1.37. The Kier molecular flexibility index (Phi) is 6.61. The first kappa shape index (κ1) is 23.2. The second-order valence-electron chi connectivity index (χ2n) is 9.29. The summed E-state index contributed by atoms with van der Waals surface area (Å²) < 4.78 is 37.5. The van der Waals surface area contributed by atoms with Crippen LogP contribution in [-0.2, 0) is 11.4 Å². The number of aliphatic carboxylic acids is 1. The van der Waals surface area contributed by atoms with E-state index in [4.69, 9.17) is 18.7 Å². The molecule has 8 heteroatoms. The number of halogens is 1. The Morgan fingerprint density at radius 3 is 2.69 bits per heavy atom. The Labute approximate surface area is 202 Å². The van der Waals surface area contributed by atoms with Crippen molar-refractivity contribution in [2.45, 2.75) is 44.6 Å². The number of ether oxygens (including phenoxy) is 3. The fourth-order valence-corrected chi connectivity index (χ4v) is 4.25. The summed E-state index contributed by atoms with van der Waals surface area (Å²) in [6.45, 7) is 0.562. The van der Waals surface area contributed by atoms with E-state index in [0.717, 1.165) is 31.2 Å². The molecule has 2 aliphatic carbocycles. The van der Waals surface area contributed by atoms with E-state index in [-0.39, 0.29) is 30.3 Å². The Morgan fingerprint density at radius 1 is 1.14 bits per heavy atom. The van der Waals surface area contributed by atoms with E-state index in [9.17, 15) is 14.3 Å². The van der Waals surface area contributed by atoms with Gasteiger partial charge in [-0.3, -0.25) is 4.79 Å². The predicted octanol–water partition coefficient (Wildman–Crippen LogP) is 5.83. The van der Waals surface area contributed by atoms with Gasteiger partial charge in [-0.15, -0.1) is 0 Å². The Hall–Kier alpha value is -3.55. The van der Waals surface area contributed by atoms with Gasteiger partial charge in [0, 0.05) is 0 Å². The quantitative estimate of drug-likeness (QED) is 0.348. The number of hydrogen-bond acceptors (Lipinski definition) is 6. The number of nitrogens with zero attached hydrogens (tertiary/aromatic N) is 1. The zero-order valence-corrected chi connectivity index (χ0v) is 19.5. The molecule has 5 rings (SSSR count). The van der Waals surface area contributed by atoms with E-state index in [0.29, 0.717) is 41.4 Å². The van der Waals surface area contributed by atoms with Crippen molar-refractivity contribution in [1.29, 1.82) is 0 Å². The molecule has 1 aromatic heterocycles. The highest BCUT2D eigenvalue weighted by Gasteiger charge is 2.34. The first-order chi connectivity index (χ1) is 17.0. The van der Waals surface area contributed by atoms with Crippen molar-refractivity contribution in [3.05, 3.63) is 59.5 Å². The third-order valence-electron chi connectivity index (χ3n) is 6.54. The van der Waals surface area contributed by atoms with Gasteiger partial charge in [0.1, 0.15) is 23.9 Å². The molecule has 0 saturated heterocycles. The molecule has 0 bridgehead atoms. The maximum Gasteiger partial charge on any atom is 0.303 e. The number of benzene rings is 2. The minimum absolute atomic E-state index is 0.0248. The van der Waals surface area contributed by atoms with E-state index >= 15 is 0 Å². The largest absolute Gasteiger partial charge is 0.497 e. The number of carbonyl (C=O) groups is 1. The number of carboxylic acid groups (broad SMARTS) is 1. The third-order valence-corrected chi connectivity index (χ3v) is 6.54. The molecule has 0 aliphatic heterocycles. The van der Waals surface area contributed by atoms with Crippen LogP contribution in [0.3, 0.4) is 0 Å². The summed E-state index contributed by atoms with van der Waals surface area (Å²) in [7, 11) is 1.51. The van der Waals surface area contributed by atoms with Crippen molar-refractivity contribution < 1.29 is 33.0 Å². The van der Waals surface area contributed by atoms with E-state index in [1.165, 1.54) is 19.2 Å². The van der Waals surface area contributed by atoms with Crippen molar-refractivity contribution in [1.82, 2.24) is 5.16 Å². The lowest BCUT2D eigenvalue weighted by Crippen LogP contribution is -2.08. The summed E-state index contributed by atoms with van der Waals surface area (Å²) >= 11 is 0. The maximum atomic E-state index is 14.7. The van der Waals surface area contributed by atoms with Gasteiger partial charge in [-0.2, -0.15) is 0 Å². The van der Waals surface area contributed by atoms with Crippen molar-refractivity contribution in [2.75, 3.05) is 13.7 Å². The first-order valence-corrected chi connectivity index (χ1v) is 11.9. The SMILES string of the molecule is COc1ccc(F)c(-c2onc(COc3cccc([C@@H](CC(=O)O)C4CC4)c3)c2OCC2CC2)c1. The summed E-state index contributed by atoms with van der Waals surface area (Å²) in [6, 6.07) is 11.9. The van der Waals surface area contributed by atoms with E-state index in [1.807, 2.05) is 24.3 Å². The van der Waals surface area contributed by atoms with Crippen LogP contribution in [0.15, 0.2) is 47.0 Å². The van der Waals surface area contributed by atoms with Gasteiger partial charge >= 0.3 is 5.97 Å². The van der Waals surface area contributed by atoms with Crippen molar-refractivity contribution >= 4 is 5.97 Å². The Bertz CT molecular complexity index is 1200. The molecule has 2 aliphatic rings. The normalized spacial score (nSPS) is 16.1. The lowest BCUT2D eigenvalue weighted by molar-refractivity contribution is -0.137. The van der Waals surface area contributed by atoms with Crippen molar-refractivity contribution in [2.24, 2.45) is 11.8 Å². The lowest BCUT2D eigenvalue weighted by atomic mass is 9.91. The minimum atomic E-state index is -0.800. The van der Waals surface area contributed by atoms with Crippen LogP contribution in [0.25, 0.3) is 11.3 Å². The van der Waals surface area contributed by atoms with Gasteiger partial charge in [-0.25, -0.2) is 4.39 Å². The van der Waals surface area contributed by atoms with Crippen LogP contribution >= 0.6 is 0 Å². The topological polar surface area (TPSA) is 91.0 Å². The second-order valence-corrected chi connectivity index (χ2v) is 9.29. The fraction of sp³-hybridized carbons (Fsp3) is 0.407. The predicted molar refractivity (Wildman–Crippen MR) is 125 cm³/mol. The molecule has 1 heterocycles. The number of aromatic nitrogens is 1. The molecule has 35 heavy (non-hydrogen) atoms. The number of methoxy groups -OCH3 is 1. The summed E-state index contributed by atoms with van der Waals surface area (Å²) in [5, 5.41) is 13.4. The molecule has 0 unspecified atom stereocenters. The van der Waals surface area contributed by atoms with Crippen molar-refractivity contribution in [3.63, 3.8) is 0 Å². The van der Waals surface area contributed by atoms with E-state index < -0.39 is 11.8 Å². The molecule has 7 nitrogen and oxygen atoms in total. The van der Waals surface area contributed by atoms with Crippen molar-refractivity contribution in [3.8, 4) is 28.6 Å². The highest BCUT2D eigenvalue weighted by Crippen LogP contribution is 2.45. The van der Waals surface area contributed by atoms with Gasteiger partial charge in [0.25, 0.3) is 0 Å². The van der Waals surface area contributed by atoms with Crippen LogP contribution in [0.4, 0.5) is 4.39 Å². The third kappa shape index (κ3) is 5.58. The average Bonchev–Trinajstić information content (AvgIpc) is 3.79. The van der Waals surface area contributed by atoms with Gasteiger partial charge in [0.2, 0.25) is 5.76 Å². The first-order valence-electron chi connectivity index (χ1n) is 11.9. The molecule has 1 atom stereocenters. The molecule has 2 aromatic carbocycles. The van der Waals surface area contributed by atoms with E-state index in [2.05, 4.69) is 5.16 Å². The monoisotopic (exact) mass is 481 g/mol. The van der Waals surface area contributed by atoms with Crippen LogP contribution in [0.5, 0.6) is 17.2 Å². The highest BCUT2D eigenvalue weighted by molar-refractivity contribution is 5.68. The summed E-state index contributed by atoms with van der Waals surface area (Å²) in [5.74, 6) is 1.24. The molecular formula is C27H28FNO6. The molecule has 184 valence electrons. The van der Waals surface area contributed by atoms with Gasteiger partial charge in [-0.05, 0) is 79.3 Å². The number of rotatable bonds is 12. The van der Waals surface area contributed by atoms with Crippen LogP contribution in [0.1, 0.15) is 49.3 Å². The second kappa shape index (κ2) is 9.98. The molecular weight excluding hydrogens is 453 g/mol. The number of hydrogen-bond donors (Lipinski definition) is 1. The zero-order chi connectivity index (χ0) is 24.4. The summed E-state index contributed by atoms with van der Waals surface area (Å²) in [4.78, 5) is 11.3. The standard InChI is InChI=1S/C27H28FNO6/c1-32-19-9-10-23(28)22(12-19)26-27(34-14-16-5-6-16)24(29-35-26)15-33-20-4-2-3-18(11-20)21(13-25(30)31)17-7-8-17/h2-4,9-12,16-17,21H,5-8,13-15H2,1H3,(H,30,31)/t21-/m0/s1. The minimum Gasteiger partial charge on any atom is -0.497 e. The van der Waals surface area contributed by atoms with Gasteiger partial charge in [0.05, 0.1) is 25.7 Å². The molecule has 0 amide bonds. The van der Waals surface area contributed by atoms with Crippen LogP contribution < -0.4 is 14.2 Å². The molecule has 3 aromatic rings. The average molecular weight is 482 g/mol. The Morgan fingerprint density at radius 2 is 1.97 bits per heavy atom. The zero-order valence-electron chi connectivity index (χ0n) is 19.5. The van der Waals surface area contributed by atoms with Crippen LogP contribution in [-0.4, -0.2) is 29.9 Å². The maximum absolute atomic E-state index is 14.7. The van der Waals surface area contributed by atoms with Crippen LogP contribution in [0, 0.1) is 17.7 Å². The van der Waals surface area contributed by atoms with Gasteiger partial charge in [-0.1, -0.05) is 17.3 Å².